The topological polar surface area (TPSA) is 96.0 Å². The largest absolute Gasteiger partial charge is 0.497 e. The Labute approximate surface area is 204 Å². The lowest BCUT2D eigenvalue weighted by Crippen LogP contribution is -2.51. The number of nitrogens with zero attached hydrogens (tertiary/aromatic N) is 2. The second-order valence-corrected chi connectivity index (χ2v) is 10.0. The first kappa shape index (κ1) is 26.8. The van der Waals surface area contributed by atoms with E-state index in [2.05, 4.69) is 5.32 Å². The van der Waals surface area contributed by atoms with Gasteiger partial charge in [0.1, 0.15) is 18.3 Å². The number of rotatable bonds is 10. The lowest BCUT2D eigenvalue weighted by molar-refractivity contribution is -0.139. The van der Waals surface area contributed by atoms with Crippen molar-refractivity contribution >= 4 is 50.7 Å². The summed E-state index contributed by atoms with van der Waals surface area (Å²) in [5, 5.41) is 3.45. The average molecular weight is 516 g/mol. The minimum atomic E-state index is -3.81. The van der Waals surface area contributed by atoms with Gasteiger partial charge in [0.15, 0.2) is 0 Å². The first-order valence-corrected chi connectivity index (χ1v) is 12.7. The molecule has 2 aromatic rings. The van der Waals surface area contributed by atoms with Crippen LogP contribution < -0.4 is 14.4 Å². The van der Waals surface area contributed by atoms with Gasteiger partial charge in [0.25, 0.3) is 0 Å². The van der Waals surface area contributed by atoms with E-state index in [4.69, 9.17) is 27.9 Å². The van der Waals surface area contributed by atoms with Gasteiger partial charge in [0.2, 0.25) is 21.8 Å². The molecule has 0 saturated heterocycles. The molecule has 180 valence electrons. The van der Waals surface area contributed by atoms with Gasteiger partial charge < -0.3 is 15.0 Å². The van der Waals surface area contributed by atoms with Crippen LogP contribution in [0, 0.1) is 0 Å². The first-order valence-electron chi connectivity index (χ1n) is 10.1. The molecular weight excluding hydrogens is 489 g/mol. The van der Waals surface area contributed by atoms with Crippen LogP contribution in [0.2, 0.25) is 10.0 Å². The van der Waals surface area contributed by atoms with Gasteiger partial charge in [0, 0.05) is 23.1 Å². The van der Waals surface area contributed by atoms with Crippen LogP contribution in [0.25, 0.3) is 0 Å². The number of halogens is 2. The van der Waals surface area contributed by atoms with E-state index in [1.807, 2.05) is 0 Å². The van der Waals surface area contributed by atoms with Crippen molar-refractivity contribution in [2.75, 3.05) is 30.8 Å². The smallest absolute Gasteiger partial charge is 0.244 e. The molecule has 0 spiro atoms. The fourth-order valence-corrected chi connectivity index (χ4v) is 4.42. The third-order valence-corrected chi connectivity index (χ3v) is 6.64. The summed E-state index contributed by atoms with van der Waals surface area (Å²) in [5.41, 5.74) is 0.864. The van der Waals surface area contributed by atoms with Crippen molar-refractivity contribution < 1.29 is 22.7 Å². The molecule has 1 N–H and O–H groups in total. The Kier molecular flexibility index (Phi) is 9.39. The molecule has 0 unspecified atom stereocenters. The fourth-order valence-electron chi connectivity index (χ4n) is 3.10. The number of hydrogen-bond donors (Lipinski definition) is 1. The van der Waals surface area contributed by atoms with Crippen LogP contribution in [0.4, 0.5) is 5.69 Å². The van der Waals surface area contributed by atoms with Crippen LogP contribution in [0.5, 0.6) is 5.75 Å². The number of anilines is 1. The molecule has 0 saturated carbocycles. The molecule has 2 amide bonds. The van der Waals surface area contributed by atoms with E-state index in [9.17, 15) is 18.0 Å². The standard InChI is InChI=1S/C22H27Cl2N3O5S/c1-5-25-22(29)15(2)26(13-16-6-7-17(23)12-20(16)24)21(28)14-27(33(4,30)31)18-8-10-19(32-3)11-9-18/h6-12,15H,5,13-14H2,1-4H3,(H,25,29)/t15-/m1/s1. The van der Waals surface area contributed by atoms with Gasteiger partial charge >= 0.3 is 0 Å². The number of amides is 2. The third kappa shape index (κ3) is 7.25. The molecular formula is C22H27Cl2N3O5S. The highest BCUT2D eigenvalue weighted by Gasteiger charge is 2.30. The number of nitrogens with one attached hydrogen (secondary N) is 1. The maximum absolute atomic E-state index is 13.4. The van der Waals surface area contributed by atoms with E-state index < -0.39 is 28.5 Å². The normalized spacial score (nSPS) is 12.1. The van der Waals surface area contributed by atoms with Gasteiger partial charge in [-0.15, -0.1) is 0 Å². The number of sulfonamides is 1. The van der Waals surface area contributed by atoms with E-state index in [1.165, 1.54) is 18.1 Å². The molecule has 0 heterocycles. The summed E-state index contributed by atoms with van der Waals surface area (Å²) >= 11 is 12.3. The van der Waals surface area contributed by atoms with Crippen molar-refractivity contribution in [1.29, 1.82) is 0 Å². The van der Waals surface area contributed by atoms with Crippen molar-refractivity contribution in [3.05, 3.63) is 58.1 Å². The SMILES string of the molecule is CCNC(=O)[C@@H](C)N(Cc1ccc(Cl)cc1Cl)C(=O)CN(c1ccc(OC)cc1)S(C)(=O)=O. The highest BCUT2D eigenvalue weighted by molar-refractivity contribution is 7.92. The maximum Gasteiger partial charge on any atom is 0.244 e. The molecule has 1 atom stereocenters. The third-order valence-electron chi connectivity index (χ3n) is 4.91. The quantitative estimate of drug-likeness (QED) is 0.523. The van der Waals surface area contributed by atoms with Gasteiger partial charge in [-0.05, 0) is 55.8 Å². The lowest BCUT2D eigenvalue weighted by Gasteiger charge is -2.31. The molecule has 33 heavy (non-hydrogen) atoms. The minimum Gasteiger partial charge on any atom is -0.497 e. The molecule has 2 aromatic carbocycles. The second kappa shape index (κ2) is 11.6. The predicted molar refractivity (Wildman–Crippen MR) is 130 cm³/mol. The minimum absolute atomic E-state index is 0.00660. The Morgan fingerprint density at radius 2 is 1.76 bits per heavy atom. The summed E-state index contributed by atoms with van der Waals surface area (Å²) in [6.45, 7) is 3.22. The van der Waals surface area contributed by atoms with E-state index in [0.29, 0.717) is 33.6 Å². The highest BCUT2D eigenvalue weighted by atomic mass is 35.5. The number of hydrogen-bond acceptors (Lipinski definition) is 5. The summed E-state index contributed by atoms with van der Waals surface area (Å²) in [4.78, 5) is 27.2. The van der Waals surface area contributed by atoms with E-state index in [1.54, 1.807) is 50.2 Å². The van der Waals surface area contributed by atoms with Crippen molar-refractivity contribution in [2.24, 2.45) is 0 Å². The van der Waals surface area contributed by atoms with E-state index in [-0.39, 0.29) is 12.5 Å². The Morgan fingerprint density at radius 1 is 1.12 bits per heavy atom. The monoisotopic (exact) mass is 515 g/mol. The Morgan fingerprint density at radius 3 is 2.27 bits per heavy atom. The number of methoxy groups -OCH3 is 1. The summed E-state index contributed by atoms with van der Waals surface area (Å²) in [6, 6.07) is 10.2. The maximum atomic E-state index is 13.4. The zero-order valence-electron chi connectivity index (χ0n) is 18.8. The molecule has 0 fully saturated rings. The zero-order chi connectivity index (χ0) is 24.8. The zero-order valence-corrected chi connectivity index (χ0v) is 21.2. The summed E-state index contributed by atoms with van der Waals surface area (Å²) in [6.07, 6.45) is 1.01. The Bertz CT molecular complexity index is 1090. The molecule has 0 bridgehead atoms. The molecule has 11 heteroatoms. The number of carbonyl (C=O) groups excluding carboxylic acids is 2. The Hall–Kier alpha value is -2.49. The fraction of sp³-hybridized carbons (Fsp3) is 0.364. The van der Waals surface area contributed by atoms with Crippen molar-refractivity contribution in [1.82, 2.24) is 10.2 Å². The summed E-state index contributed by atoms with van der Waals surface area (Å²) in [7, 11) is -2.31. The van der Waals surface area contributed by atoms with Crippen LogP contribution >= 0.6 is 23.2 Å². The second-order valence-electron chi connectivity index (χ2n) is 7.30. The number of carbonyl (C=O) groups is 2. The average Bonchev–Trinajstić information content (AvgIpc) is 2.76. The van der Waals surface area contributed by atoms with E-state index >= 15 is 0 Å². The van der Waals surface area contributed by atoms with Gasteiger partial charge in [0.05, 0.1) is 19.1 Å². The van der Waals surface area contributed by atoms with Gasteiger partial charge in [-0.2, -0.15) is 0 Å². The van der Waals surface area contributed by atoms with Crippen LogP contribution in [0.3, 0.4) is 0 Å². The molecule has 0 aliphatic heterocycles. The van der Waals surface area contributed by atoms with Gasteiger partial charge in [-0.3, -0.25) is 13.9 Å². The van der Waals surface area contributed by atoms with Crippen LogP contribution in [-0.2, 0) is 26.2 Å². The highest BCUT2D eigenvalue weighted by Crippen LogP contribution is 2.25. The van der Waals surface area contributed by atoms with Gasteiger partial charge in [-0.1, -0.05) is 29.3 Å². The van der Waals surface area contributed by atoms with Gasteiger partial charge in [-0.25, -0.2) is 8.42 Å². The Balaban J connectivity index is 2.40. The van der Waals surface area contributed by atoms with E-state index in [0.717, 1.165) is 10.6 Å². The first-order chi connectivity index (χ1) is 15.5. The van der Waals surface area contributed by atoms with Crippen molar-refractivity contribution in [2.45, 2.75) is 26.4 Å². The number of likely N-dealkylation sites (N-methyl/N-ethyl adjacent to an activating group) is 1. The molecule has 0 aliphatic rings. The number of ether oxygens (including phenoxy) is 1. The summed E-state index contributed by atoms with van der Waals surface area (Å²) < 4.78 is 31.1. The van der Waals surface area contributed by atoms with Crippen molar-refractivity contribution in [3.8, 4) is 5.75 Å². The molecule has 0 aliphatic carbocycles. The predicted octanol–water partition coefficient (Wildman–Crippen LogP) is 3.32. The van der Waals surface area contributed by atoms with Crippen LogP contribution in [-0.4, -0.2) is 57.6 Å². The lowest BCUT2D eigenvalue weighted by atomic mass is 10.1. The molecule has 2 rings (SSSR count). The van der Waals surface area contributed by atoms with Crippen molar-refractivity contribution in [3.63, 3.8) is 0 Å². The van der Waals surface area contributed by atoms with Crippen LogP contribution in [0.1, 0.15) is 19.4 Å². The molecule has 8 nitrogen and oxygen atoms in total. The van der Waals surface area contributed by atoms with Crippen LogP contribution in [0.15, 0.2) is 42.5 Å². The number of benzene rings is 2. The summed E-state index contributed by atoms with van der Waals surface area (Å²) in [5.74, 6) is -0.394. The molecule has 0 aromatic heterocycles. The molecule has 0 radical (unpaired) electrons.